The van der Waals surface area contributed by atoms with Crippen LogP contribution in [0.1, 0.15) is 23.0 Å². The molecular weight excluding hydrogens is 333 g/mol. The van der Waals surface area contributed by atoms with Gasteiger partial charge in [0.15, 0.2) is 0 Å². The van der Waals surface area contributed by atoms with Crippen molar-refractivity contribution in [2.75, 3.05) is 44.2 Å². The number of hydrogen-bond donors (Lipinski definition) is 1. The Kier molecular flexibility index (Phi) is 6.12. The van der Waals surface area contributed by atoms with Gasteiger partial charge >= 0.3 is 0 Å². The summed E-state index contributed by atoms with van der Waals surface area (Å²) in [6, 6.07) is 6.27. The predicted molar refractivity (Wildman–Crippen MR) is 98.8 cm³/mol. The van der Waals surface area contributed by atoms with Crippen molar-refractivity contribution in [3.8, 4) is 0 Å². The quantitative estimate of drug-likeness (QED) is 0.853. The molecule has 1 aliphatic heterocycles. The Labute approximate surface area is 153 Å². The smallest absolute Gasteiger partial charge is 0.271 e. The molecule has 1 saturated heterocycles. The number of nitrogens with one attached hydrogen (secondary N) is 1. The van der Waals surface area contributed by atoms with E-state index in [1.807, 2.05) is 0 Å². The lowest BCUT2D eigenvalue weighted by Gasteiger charge is -2.34. The van der Waals surface area contributed by atoms with E-state index in [1.54, 1.807) is 18.3 Å². The van der Waals surface area contributed by atoms with Crippen LogP contribution in [0.15, 0.2) is 36.7 Å². The molecule has 0 unspecified atom stereocenters. The van der Waals surface area contributed by atoms with Crippen molar-refractivity contribution in [1.29, 1.82) is 0 Å². The van der Waals surface area contributed by atoms with E-state index in [2.05, 4.69) is 32.0 Å². The minimum absolute atomic E-state index is 0.248. The number of hydrogen-bond acceptors (Lipinski definition) is 5. The number of amides is 1. The maximum Gasteiger partial charge on any atom is 0.271 e. The maximum atomic E-state index is 12.9. The molecule has 26 heavy (non-hydrogen) atoms. The molecule has 1 amide bonds. The summed E-state index contributed by atoms with van der Waals surface area (Å²) < 4.78 is 12.9. The van der Waals surface area contributed by atoms with E-state index < -0.39 is 0 Å². The third-order valence-electron chi connectivity index (χ3n) is 4.63. The van der Waals surface area contributed by atoms with Crippen LogP contribution in [0.2, 0.25) is 0 Å². The van der Waals surface area contributed by atoms with Gasteiger partial charge in [0.05, 0.1) is 12.4 Å². The summed E-state index contributed by atoms with van der Waals surface area (Å²) in [6.45, 7) is 7.58. The third-order valence-corrected chi connectivity index (χ3v) is 4.63. The van der Waals surface area contributed by atoms with Crippen LogP contribution in [-0.2, 0) is 6.42 Å². The van der Waals surface area contributed by atoms with Crippen LogP contribution in [0.25, 0.3) is 0 Å². The summed E-state index contributed by atoms with van der Waals surface area (Å²) in [5, 5.41) is 2.82. The van der Waals surface area contributed by atoms with Gasteiger partial charge in [-0.3, -0.25) is 4.79 Å². The number of piperazine rings is 1. The highest BCUT2D eigenvalue weighted by molar-refractivity contribution is 5.92. The molecule has 1 fully saturated rings. The summed E-state index contributed by atoms with van der Waals surface area (Å²) in [5.74, 6) is 0.301. The van der Waals surface area contributed by atoms with Crippen molar-refractivity contribution in [2.24, 2.45) is 0 Å². The number of nitrogens with zero attached hydrogens (tertiary/aromatic N) is 4. The summed E-state index contributed by atoms with van der Waals surface area (Å²) in [5.41, 5.74) is 1.28. The first-order chi connectivity index (χ1) is 12.7. The minimum atomic E-state index is -0.260. The number of carbonyl (C=O) groups excluding carboxylic acids is 1. The summed E-state index contributed by atoms with van der Waals surface area (Å²) >= 11 is 0. The van der Waals surface area contributed by atoms with Crippen LogP contribution in [0.3, 0.4) is 0 Å². The number of carbonyl (C=O) groups is 1. The summed E-state index contributed by atoms with van der Waals surface area (Å²) in [6.07, 6.45) is 3.82. The highest BCUT2D eigenvalue weighted by Gasteiger charge is 2.17. The topological polar surface area (TPSA) is 61.4 Å². The number of aromatic nitrogens is 2. The van der Waals surface area contributed by atoms with E-state index in [0.717, 1.165) is 44.1 Å². The Morgan fingerprint density at radius 3 is 2.46 bits per heavy atom. The molecule has 0 bridgehead atoms. The van der Waals surface area contributed by atoms with E-state index in [9.17, 15) is 9.18 Å². The second-order valence-electron chi connectivity index (χ2n) is 6.31. The Balaban J connectivity index is 1.48. The van der Waals surface area contributed by atoms with Gasteiger partial charge in [0, 0.05) is 32.7 Å². The van der Waals surface area contributed by atoms with Gasteiger partial charge in [-0.05, 0) is 30.7 Å². The molecule has 1 aromatic carbocycles. The summed E-state index contributed by atoms with van der Waals surface area (Å²) in [7, 11) is 0. The van der Waals surface area contributed by atoms with Gasteiger partial charge in [-0.15, -0.1) is 0 Å². The fourth-order valence-electron chi connectivity index (χ4n) is 2.96. The number of likely N-dealkylation sites (N-methyl/N-ethyl adjacent to an activating group) is 1. The Hall–Kier alpha value is -2.54. The lowest BCUT2D eigenvalue weighted by atomic mass is 10.1. The predicted octanol–water partition coefficient (Wildman–Crippen LogP) is 1.73. The average molecular weight is 357 g/mol. The number of benzene rings is 1. The standard InChI is InChI=1S/C19H24FN5O/c1-2-24-9-11-25(12-10-24)18-14-22-17(13-23-18)19(26)21-8-7-15-3-5-16(20)6-4-15/h3-6,13-14H,2,7-12H2,1H3,(H,21,26). The molecule has 2 heterocycles. The third kappa shape index (κ3) is 4.76. The molecule has 2 aromatic rings. The zero-order valence-electron chi connectivity index (χ0n) is 15.0. The molecule has 3 rings (SSSR count). The monoisotopic (exact) mass is 357 g/mol. The normalized spacial score (nSPS) is 15.1. The molecule has 0 atom stereocenters. The van der Waals surface area contributed by atoms with Crippen LogP contribution in [0.4, 0.5) is 10.2 Å². The lowest BCUT2D eigenvalue weighted by Crippen LogP contribution is -2.46. The first kappa shape index (κ1) is 18.3. The first-order valence-electron chi connectivity index (χ1n) is 8.97. The second-order valence-corrected chi connectivity index (χ2v) is 6.31. The molecular formula is C19H24FN5O. The second kappa shape index (κ2) is 8.71. The molecule has 0 aliphatic carbocycles. The van der Waals surface area contributed by atoms with E-state index in [1.165, 1.54) is 18.3 Å². The molecule has 0 saturated carbocycles. The zero-order chi connectivity index (χ0) is 18.4. The zero-order valence-corrected chi connectivity index (χ0v) is 15.0. The van der Waals surface area contributed by atoms with Crippen LogP contribution in [-0.4, -0.2) is 60.0 Å². The van der Waals surface area contributed by atoms with Crippen LogP contribution >= 0.6 is 0 Å². The minimum Gasteiger partial charge on any atom is -0.353 e. The number of rotatable bonds is 6. The van der Waals surface area contributed by atoms with Crippen molar-refractivity contribution < 1.29 is 9.18 Å². The Morgan fingerprint density at radius 2 is 1.85 bits per heavy atom. The van der Waals surface area contributed by atoms with Crippen molar-refractivity contribution in [1.82, 2.24) is 20.2 Å². The van der Waals surface area contributed by atoms with Crippen molar-refractivity contribution in [3.63, 3.8) is 0 Å². The number of halogens is 1. The molecule has 138 valence electrons. The number of anilines is 1. The largest absolute Gasteiger partial charge is 0.353 e. The Bertz CT molecular complexity index is 712. The van der Waals surface area contributed by atoms with Gasteiger partial charge in [0.25, 0.3) is 5.91 Å². The maximum absolute atomic E-state index is 12.9. The van der Waals surface area contributed by atoms with E-state index in [4.69, 9.17) is 0 Å². The highest BCUT2D eigenvalue weighted by Crippen LogP contribution is 2.12. The Morgan fingerprint density at radius 1 is 1.12 bits per heavy atom. The SMILES string of the molecule is CCN1CCN(c2cnc(C(=O)NCCc3ccc(F)cc3)cn2)CC1. The molecule has 1 N–H and O–H groups in total. The average Bonchev–Trinajstić information content (AvgIpc) is 2.69. The highest BCUT2D eigenvalue weighted by atomic mass is 19.1. The molecule has 0 radical (unpaired) electrons. The van der Waals surface area contributed by atoms with Crippen molar-refractivity contribution in [3.05, 3.63) is 53.7 Å². The first-order valence-corrected chi connectivity index (χ1v) is 8.97. The van der Waals surface area contributed by atoms with Gasteiger partial charge in [0.1, 0.15) is 17.3 Å². The molecule has 0 spiro atoms. The van der Waals surface area contributed by atoms with Crippen LogP contribution < -0.4 is 10.2 Å². The van der Waals surface area contributed by atoms with Gasteiger partial charge in [-0.25, -0.2) is 14.4 Å². The van der Waals surface area contributed by atoms with Gasteiger partial charge < -0.3 is 15.1 Å². The molecule has 6 nitrogen and oxygen atoms in total. The molecule has 7 heteroatoms. The van der Waals surface area contributed by atoms with Gasteiger partial charge in [-0.1, -0.05) is 19.1 Å². The fraction of sp³-hybridized carbons (Fsp3) is 0.421. The van der Waals surface area contributed by atoms with Gasteiger partial charge in [-0.2, -0.15) is 0 Å². The molecule has 1 aromatic heterocycles. The molecule has 1 aliphatic rings. The van der Waals surface area contributed by atoms with Crippen LogP contribution in [0, 0.1) is 5.82 Å². The fourth-order valence-corrected chi connectivity index (χ4v) is 2.96. The van der Waals surface area contributed by atoms with Crippen molar-refractivity contribution >= 4 is 11.7 Å². The van der Waals surface area contributed by atoms with E-state index in [-0.39, 0.29) is 11.7 Å². The van der Waals surface area contributed by atoms with E-state index >= 15 is 0 Å². The van der Waals surface area contributed by atoms with Crippen molar-refractivity contribution in [2.45, 2.75) is 13.3 Å². The van der Waals surface area contributed by atoms with Gasteiger partial charge in [0.2, 0.25) is 0 Å². The van der Waals surface area contributed by atoms with E-state index in [0.29, 0.717) is 18.7 Å². The summed E-state index contributed by atoms with van der Waals surface area (Å²) in [4.78, 5) is 25.4. The lowest BCUT2D eigenvalue weighted by molar-refractivity contribution is 0.0949. The van der Waals surface area contributed by atoms with Crippen LogP contribution in [0.5, 0.6) is 0 Å².